The Morgan fingerprint density at radius 3 is 2.63 bits per heavy atom. The second-order valence-electron chi connectivity index (χ2n) is 6.29. The van der Waals surface area contributed by atoms with Gasteiger partial charge in [0, 0.05) is 5.69 Å². The zero-order chi connectivity index (χ0) is 21.1. The highest BCUT2D eigenvalue weighted by Gasteiger charge is 2.19. The number of fused-ring (bicyclic) bond motifs is 1. The molecule has 6 nitrogen and oxygen atoms in total. The van der Waals surface area contributed by atoms with Crippen LogP contribution in [0.5, 0.6) is 0 Å². The number of aromatic nitrogens is 1. The minimum absolute atomic E-state index is 0.128. The van der Waals surface area contributed by atoms with Gasteiger partial charge in [-0.1, -0.05) is 35.9 Å². The number of hydrogen-bond donors (Lipinski definition) is 1. The first-order valence-electron chi connectivity index (χ1n) is 8.88. The molecule has 1 aromatic heterocycles. The smallest absolute Gasteiger partial charge is 0.339 e. The number of rotatable bonds is 5. The van der Waals surface area contributed by atoms with Gasteiger partial charge in [-0.25, -0.2) is 14.2 Å². The minimum atomic E-state index is -0.708. The number of esters is 1. The first-order chi connectivity index (χ1) is 14.5. The Morgan fingerprint density at radius 2 is 1.83 bits per heavy atom. The molecule has 3 aromatic carbocycles. The van der Waals surface area contributed by atoms with E-state index in [1.165, 1.54) is 12.1 Å². The van der Waals surface area contributed by atoms with Gasteiger partial charge >= 0.3 is 5.97 Å². The molecule has 0 saturated heterocycles. The molecule has 30 heavy (non-hydrogen) atoms. The van der Waals surface area contributed by atoms with Gasteiger partial charge in [0.1, 0.15) is 11.3 Å². The molecule has 0 aliphatic rings. The Balaban J connectivity index is 1.47. The molecule has 4 aromatic rings. The van der Waals surface area contributed by atoms with Crippen molar-refractivity contribution in [3.05, 3.63) is 83.1 Å². The van der Waals surface area contributed by atoms with E-state index in [1.54, 1.807) is 36.4 Å². The van der Waals surface area contributed by atoms with Gasteiger partial charge in [-0.05, 0) is 42.5 Å². The number of para-hydroxylation sites is 2. The highest BCUT2D eigenvalue weighted by molar-refractivity contribution is 6.31. The summed E-state index contributed by atoms with van der Waals surface area (Å²) in [6.45, 7) is -0.532. The second-order valence-corrected chi connectivity index (χ2v) is 6.69. The molecule has 4 rings (SSSR count). The summed E-state index contributed by atoms with van der Waals surface area (Å²) in [7, 11) is 0. The van der Waals surface area contributed by atoms with Crippen molar-refractivity contribution in [2.24, 2.45) is 0 Å². The maximum absolute atomic E-state index is 13.2. The fraction of sp³-hybridized carbons (Fsp3) is 0.0455. The van der Waals surface area contributed by atoms with E-state index in [0.29, 0.717) is 16.7 Å². The summed E-state index contributed by atoms with van der Waals surface area (Å²) >= 11 is 5.68. The number of hydrogen-bond acceptors (Lipinski definition) is 5. The number of nitrogens with zero attached hydrogens (tertiary/aromatic N) is 1. The molecule has 1 amide bonds. The molecule has 0 aliphatic heterocycles. The first-order valence-corrected chi connectivity index (χ1v) is 9.26. The van der Waals surface area contributed by atoms with Crippen molar-refractivity contribution >= 4 is 40.3 Å². The van der Waals surface area contributed by atoms with Gasteiger partial charge in [0.2, 0.25) is 5.89 Å². The van der Waals surface area contributed by atoms with Crippen molar-refractivity contribution in [2.75, 3.05) is 11.9 Å². The monoisotopic (exact) mass is 424 g/mol. The lowest BCUT2D eigenvalue weighted by Gasteiger charge is -2.09. The van der Waals surface area contributed by atoms with Gasteiger partial charge in [0.05, 0.1) is 16.1 Å². The number of nitrogens with one attached hydrogen (secondary N) is 1. The van der Waals surface area contributed by atoms with Crippen molar-refractivity contribution in [1.82, 2.24) is 4.98 Å². The van der Waals surface area contributed by atoms with Crippen LogP contribution >= 0.6 is 11.6 Å². The van der Waals surface area contributed by atoms with Crippen molar-refractivity contribution < 1.29 is 23.1 Å². The number of ether oxygens (including phenoxy) is 1. The van der Waals surface area contributed by atoms with E-state index in [9.17, 15) is 14.0 Å². The van der Waals surface area contributed by atoms with Gasteiger partial charge in [0.25, 0.3) is 5.91 Å². The lowest BCUT2D eigenvalue weighted by Crippen LogP contribution is -2.21. The largest absolute Gasteiger partial charge is 0.452 e. The first kappa shape index (κ1) is 19.6. The highest BCUT2D eigenvalue weighted by Crippen LogP contribution is 2.27. The number of oxazole rings is 1. The lowest BCUT2D eigenvalue weighted by molar-refractivity contribution is -0.119. The van der Waals surface area contributed by atoms with E-state index < -0.39 is 24.3 Å². The highest BCUT2D eigenvalue weighted by atomic mass is 35.5. The van der Waals surface area contributed by atoms with Crippen LogP contribution in [0.3, 0.4) is 0 Å². The Morgan fingerprint density at radius 1 is 1.07 bits per heavy atom. The molecule has 0 radical (unpaired) electrons. The molecule has 0 unspecified atom stereocenters. The van der Waals surface area contributed by atoms with Gasteiger partial charge < -0.3 is 14.5 Å². The number of amides is 1. The third kappa shape index (κ3) is 4.16. The molecule has 0 aliphatic carbocycles. The van der Waals surface area contributed by atoms with Crippen LogP contribution in [0.4, 0.5) is 10.1 Å². The third-order valence-corrected chi connectivity index (χ3v) is 4.50. The number of benzene rings is 3. The summed E-state index contributed by atoms with van der Waals surface area (Å²) in [5.41, 5.74) is 2.20. The summed E-state index contributed by atoms with van der Waals surface area (Å²) in [5.74, 6) is -1.63. The van der Waals surface area contributed by atoms with E-state index >= 15 is 0 Å². The maximum atomic E-state index is 13.2. The van der Waals surface area contributed by atoms with Gasteiger partial charge in [0.15, 0.2) is 12.2 Å². The lowest BCUT2D eigenvalue weighted by atomic mass is 10.1. The summed E-state index contributed by atoms with van der Waals surface area (Å²) < 4.78 is 24.1. The number of halogens is 2. The summed E-state index contributed by atoms with van der Waals surface area (Å²) in [4.78, 5) is 29.0. The van der Waals surface area contributed by atoms with Crippen LogP contribution in [-0.4, -0.2) is 23.5 Å². The van der Waals surface area contributed by atoms with Crippen LogP contribution in [-0.2, 0) is 9.53 Å². The van der Waals surface area contributed by atoms with Crippen LogP contribution in [0.15, 0.2) is 71.1 Å². The van der Waals surface area contributed by atoms with Gasteiger partial charge in [-0.3, -0.25) is 4.79 Å². The van der Waals surface area contributed by atoms with Crippen molar-refractivity contribution in [1.29, 1.82) is 0 Å². The van der Waals surface area contributed by atoms with E-state index in [0.717, 1.165) is 6.07 Å². The molecular formula is C22H14ClFN2O4. The number of anilines is 1. The SMILES string of the molecule is O=C(COC(=O)c1ccccc1-c1nc2ccccc2o1)Nc1ccc(F)c(Cl)c1. The van der Waals surface area contributed by atoms with E-state index in [2.05, 4.69) is 10.3 Å². The molecule has 8 heteroatoms. The Labute approximate surface area is 175 Å². The minimum Gasteiger partial charge on any atom is -0.452 e. The molecule has 0 fully saturated rings. The fourth-order valence-corrected chi connectivity index (χ4v) is 3.00. The molecule has 1 heterocycles. The van der Waals surface area contributed by atoms with Gasteiger partial charge in [-0.15, -0.1) is 0 Å². The number of carbonyl (C=O) groups is 2. The van der Waals surface area contributed by atoms with Gasteiger partial charge in [-0.2, -0.15) is 0 Å². The molecule has 0 atom stereocenters. The molecular weight excluding hydrogens is 411 g/mol. The Hall–Kier alpha value is -3.71. The molecule has 0 spiro atoms. The van der Waals surface area contributed by atoms with Crippen LogP contribution in [0.1, 0.15) is 10.4 Å². The topological polar surface area (TPSA) is 81.4 Å². The third-order valence-electron chi connectivity index (χ3n) is 4.21. The van der Waals surface area contributed by atoms with Crippen molar-refractivity contribution in [3.63, 3.8) is 0 Å². The molecule has 0 saturated carbocycles. The molecule has 150 valence electrons. The van der Waals surface area contributed by atoms with Crippen molar-refractivity contribution in [2.45, 2.75) is 0 Å². The van der Waals surface area contributed by atoms with Crippen LogP contribution in [0.2, 0.25) is 5.02 Å². The maximum Gasteiger partial charge on any atom is 0.339 e. The Bertz CT molecular complexity index is 1220. The normalized spacial score (nSPS) is 10.7. The fourth-order valence-electron chi connectivity index (χ4n) is 2.81. The van der Waals surface area contributed by atoms with Crippen molar-refractivity contribution in [3.8, 4) is 11.5 Å². The quantitative estimate of drug-likeness (QED) is 0.452. The van der Waals surface area contributed by atoms with Crippen LogP contribution in [0.25, 0.3) is 22.6 Å². The predicted octanol–water partition coefficient (Wildman–Crippen LogP) is 5.08. The van der Waals surface area contributed by atoms with Crippen LogP contribution in [0, 0.1) is 5.82 Å². The average Bonchev–Trinajstić information content (AvgIpc) is 3.19. The summed E-state index contributed by atoms with van der Waals surface area (Å²) in [6.07, 6.45) is 0. The predicted molar refractivity (Wildman–Crippen MR) is 110 cm³/mol. The number of carbonyl (C=O) groups excluding carboxylic acids is 2. The molecule has 1 N–H and O–H groups in total. The molecule has 0 bridgehead atoms. The standard InChI is InChI=1S/C22H14ClFN2O4/c23-16-11-13(9-10-17(16)24)25-20(27)12-29-22(28)15-6-2-1-5-14(15)21-26-18-7-3-4-8-19(18)30-21/h1-11H,12H2,(H,25,27). The zero-order valence-electron chi connectivity index (χ0n) is 15.4. The Kier molecular flexibility index (Phi) is 5.45. The van der Waals surface area contributed by atoms with Crippen LogP contribution < -0.4 is 5.32 Å². The van der Waals surface area contributed by atoms with E-state index in [4.69, 9.17) is 20.8 Å². The summed E-state index contributed by atoms with van der Waals surface area (Å²) in [5, 5.41) is 2.35. The van der Waals surface area contributed by atoms with E-state index in [-0.39, 0.29) is 22.2 Å². The second kappa shape index (κ2) is 8.34. The van der Waals surface area contributed by atoms with E-state index in [1.807, 2.05) is 12.1 Å². The summed E-state index contributed by atoms with van der Waals surface area (Å²) in [6, 6.07) is 17.6. The average molecular weight is 425 g/mol. The zero-order valence-corrected chi connectivity index (χ0v) is 16.2.